The number of rotatable bonds is 7. The summed E-state index contributed by atoms with van der Waals surface area (Å²) in [5.74, 6) is 3.18. The minimum absolute atomic E-state index is 0.547. The standard InChI is InChI=1S/C23H35N3O/c1-18-16-24-23-25(14-6-9-19-7-4-3-5-8-19)21(17-26(18)23)15-20-10-12-22(27-2)13-11-20/h10-13,18-19,21H,3-9,14-17H2,1-2H3/t18-,21+/m0/s1. The number of guanidine groups is 1. The molecular weight excluding hydrogens is 334 g/mol. The first kappa shape index (κ1) is 18.6. The number of nitrogens with zero attached hydrogens (tertiary/aromatic N) is 3. The first-order chi connectivity index (χ1) is 13.2. The normalized spacial score (nSPS) is 25.6. The van der Waals surface area contributed by atoms with Gasteiger partial charge in [-0.05, 0) is 49.8 Å². The molecule has 2 heterocycles. The number of aliphatic imine (C=N–C) groups is 1. The second-order valence-corrected chi connectivity index (χ2v) is 8.69. The second-order valence-electron chi connectivity index (χ2n) is 8.69. The van der Waals surface area contributed by atoms with Crippen molar-refractivity contribution in [1.82, 2.24) is 9.80 Å². The van der Waals surface area contributed by atoms with E-state index >= 15 is 0 Å². The van der Waals surface area contributed by atoms with Crippen LogP contribution >= 0.6 is 0 Å². The first-order valence-electron chi connectivity index (χ1n) is 11.0. The number of methoxy groups -OCH3 is 1. The van der Waals surface area contributed by atoms with E-state index in [0.29, 0.717) is 12.1 Å². The Morgan fingerprint density at radius 2 is 1.89 bits per heavy atom. The summed E-state index contributed by atoms with van der Waals surface area (Å²) in [6, 6.07) is 9.70. The van der Waals surface area contributed by atoms with Gasteiger partial charge in [0.2, 0.25) is 0 Å². The lowest BCUT2D eigenvalue weighted by molar-refractivity contribution is 0.287. The molecule has 1 aromatic carbocycles. The molecule has 1 aliphatic carbocycles. The summed E-state index contributed by atoms with van der Waals surface area (Å²) < 4.78 is 5.31. The van der Waals surface area contributed by atoms with Crippen LogP contribution in [0, 0.1) is 5.92 Å². The number of benzene rings is 1. The molecule has 1 saturated heterocycles. The largest absolute Gasteiger partial charge is 0.497 e. The summed E-state index contributed by atoms with van der Waals surface area (Å²) in [6.07, 6.45) is 11.1. The molecule has 0 radical (unpaired) electrons. The second kappa shape index (κ2) is 8.53. The molecule has 0 bridgehead atoms. The molecule has 0 amide bonds. The van der Waals surface area contributed by atoms with E-state index in [9.17, 15) is 0 Å². The summed E-state index contributed by atoms with van der Waals surface area (Å²) in [7, 11) is 1.73. The van der Waals surface area contributed by atoms with Gasteiger partial charge in [-0.2, -0.15) is 0 Å². The van der Waals surface area contributed by atoms with Crippen LogP contribution in [0.15, 0.2) is 29.3 Å². The SMILES string of the molecule is COc1ccc(C[C@@H]2CN3C(=NC[C@@H]3C)N2CCCC2CCCCC2)cc1. The van der Waals surface area contributed by atoms with E-state index in [0.717, 1.165) is 31.2 Å². The topological polar surface area (TPSA) is 28.1 Å². The number of hydrogen-bond donors (Lipinski definition) is 0. The van der Waals surface area contributed by atoms with Gasteiger partial charge in [0.25, 0.3) is 0 Å². The maximum Gasteiger partial charge on any atom is 0.197 e. The van der Waals surface area contributed by atoms with Crippen LogP contribution < -0.4 is 4.74 Å². The quantitative estimate of drug-likeness (QED) is 0.715. The van der Waals surface area contributed by atoms with E-state index in [4.69, 9.17) is 9.73 Å². The Bertz CT molecular complexity index is 636. The zero-order chi connectivity index (χ0) is 18.6. The van der Waals surface area contributed by atoms with Crippen LogP contribution in [0.3, 0.4) is 0 Å². The maximum atomic E-state index is 5.31. The van der Waals surface area contributed by atoms with E-state index in [2.05, 4.69) is 41.0 Å². The van der Waals surface area contributed by atoms with Crippen molar-refractivity contribution in [2.24, 2.45) is 10.9 Å². The lowest BCUT2D eigenvalue weighted by Gasteiger charge is -2.27. The zero-order valence-electron chi connectivity index (χ0n) is 17.1. The molecule has 1 aromatic rings. The molecule has 2 aliphatic heterocycles. The van der Waals surface area contributed by atoms with Crippen molar-refractivity contribution in [3.63, 3.8) is 0 Å². The van der Waals surface area contributed by atoms with Crippen LogP contribution in [0.25, 0.3) is 0 Å². The maximum absolute atomic E-state index is 5.31. The van der Waals surface area contributed by atoms with E-state index in [1.165, 1.54) is 63.0 Å². The van der Waals surface area contributed by atoms with Crippen molar-refractivity contribution in [3.8, 4) is 5.75 Å². The monoisotopic (exact) mass is 369 g/mol. The summed E-state index contributed by atoms with van der Waals surface area (Å²) in [5, 5.41) is 0. The predicted molar refractivity (Wildman–Crippen MR) is 111 cm³/mol. The predicted octanol–water partition coefficient (Wildman–Crippen LogP) is 4.34. The lowest BCUT2D eigenvalue weighted by atomic mass is 9.86. The fourth-order valence-electron chi connectivity index (χ4n) is 5.12. The highest BCUT2D eigenvalue weighted by molar-refractivity contribution is 5.84. The molecule has 1 saturated carbocycles. The van der Waals surface area contributed by atoms with Crippen LogP contribution in [0.5, 0.6) is 5.75 Å². The van der Waals surface area contributed by atoms with Crippen LogP contribution in [0.1, 0.15) is 57.4 Å². The van der Waals surface area contributed by atoms with Gasteiger partial charge < -0.3 is 14.5 Å². The Balaban J connectivity index is 1.38. The molecule has 0 unspecified atom stereocenters. The lowest BCUT2D eigenvalue weighted by Crippen LogP contribution is -2.37. The first-order valence-corrected chi connectivity index (χ1v) is 11.0. The number of ether oxygens (including phenoxy) is 1. The van der Waals surface area contributed by atoms with Gasteiger partial charge in [-0.3, -0.25) is 4.99 Å². The van der Waals surface area contributed by atoms with Gasteiger partial charge >= 0.3 is 0 Å². The van der Waals surface area contributed by atoms with Crippen LogP contribution in [0.2, 0.25) is 0 Å². The van der Waals surface area contributed by atoms with Gasteiger partial charge in [0, 0.05) is 19.1 Å². The molecule has 0 spiro atoms. The Labute approximate surface area is 164 Å². The molecule has 27 heavy (non-hydrogen) atoms. The summed E-state index contributed by atoms with van der Waals surface area (Å²) in [5.41, 5.74) is 1.40. The van der Waals surface area contributed by atoms with Crippen molar-refractivity contribution in [3.05, 3.63) is 29.8 Å². The summed E-state index contributed by atoms with van der Waals surface area (Å²) >= 11 is 0. The van der Waals surface area contributed by atoms with Gasteiger partial charge in [0.05, 0.1) is 19.7 Å². The Hall–Kier alpha value is -1.71. The highest BCUT2D eigenvalue weighted by atomic mass is 16.5. The molecule has 4 rings (SSSR count). The molecule has 4 heteroatoms. The number of hydrogen-bond acceptors (Lipinski definition) is 4. The average Bonchev–Trinajstić information content (AvgIpc) is 3.23. The van der Waals surface area contributed by atoms with E-state index in [1.54, 1.807) is 7.11 Å². The van der Waals surface area contributed by atoms with Crippen molar-refractivity contribution < 1.29 is 4.74 Å². The third-order valence-electron chi connectivity index (χ3n) is 6.76. The molecule has 4 nitrogen and oxygen atoms in total. The van der Waals surface area contributed by atoms with E-state index < -0.39 is 0 Å². The van der Waals surface area contributed by atoms with Gasteiger partial charge in [-0.15, -0.1) is 0 Å². The molecule has 0 N–H and O–H groups in total. The minimum atomic E-state index is 0.547. The van der Waals surface area contributed by atoms with Crippen molar-refractivity contribution in [1.29, 1.82) is 0 Å². The summed E-state index contributed by atoms with van der Waals surface area (Å²) in [4.78, 5) is 10.1. The number of fused-ring (bicyclic) bond motifs is 1. The van der Waals surface area contributed by atoms with Crippen LogP contribution in [0.4, 0.5) is 0 Å². The fraction of sp³-hybridized carbons (Fsp3) is 0.696. The smallest absolute Gasteiger partial charge is 0.197 e. The van der Waals surface area contributed by atoms with Crippen LogP contribution in [-0.2, 0) is 6.42 Å². The third kappa shape index (κ3) is 4.25. The summed E-state index contributed by atoms with van der Waals surface area (Å²) in [6.45, 7) is 5.56. The zero-order valence-corrected chi connectivity index (χ0v) is 17.1. The van der Waals surface area contributed by atoms with Crippen molar-refractivity contribution in [2.75, 3.05) is 26.7 Å². The molecule has 148 valence electrons. The molecule has 2 atom stereocenters. The molecule has 3 aliphatic rings. The average molecular weight is 370 g/mol. The fourth-order valence-corrected chi connectivity index (χ4v) is 5.12. The Morgan fingerprint density at radius 3 is 2.63 bits per heavy atom. The van der Waals surface area contributed by atoms with Crippen LogP contribution in [-0.4, -0.2) is 54.6 Å². The van der Waals surface area contributed by atoms with Crippen molar-refractivity contribution in [2.45, 2.75) is 70.4 Å². The van der Waals surface area contributed by atoms with Crippen molar-refractivity contribution >= 4 is 5.96 Å². The van der Waals surface area contributed by atoms with E-state index in [1.807, 2.05) is 0 Å². The molecular formula is C23H35N3O. The Kier molecular flexibility index (Phi) is 5.89. The Morgan fingerprint density at radius 1 is 1.11 bits per heavy atom. The van der Waals surface area contributed by atoms with Gasteiger partial charge in [-0.1, -0.05) is 44.2 Å². The van der Waals surface area contributed by atoms with Gasteiger partial charge in [0.1, 0.15) is 5.75 Å². The third-order valence-corrected chi connectivity index (χ3v) is 6.76. The minimum Gasteiger partial charge on any atom is -0.497 e. The molecule has 0 aromatic heterocycles. The highest BCUT2D eigenvalue weighted by Crippen LogP contribution is 2.30. The highest BCUT2D eigenvalue weighted by Gasteiger charge is 2.40. The molecule has 2 fully saturated rings. The van der Waals surface area contributed by atoms with Gasteiger partial charge in [-0.25, -0.2) is 0 Å². The van der Waals surface area contributed by atoms with Gasteiger partial charge in [0.15, 0.2) is 5.96 Å². The van der Waals surface area contributed by atoms with E-state index in [-0.39, 0.29) is 0 Å².